The fourth-order valence-corrected chi connectivity index (χ4v) is 6.83. The van der Waals surface area contributed by atoms with E-state index in [-0.39, 0.29) is 25.3 Å². The van der Waals surface area contributed by atoms with Crippen LogP contribution >= 0.6 is 0 Å². The first-order valence-corrected chi connectivity index (χ1v) is 19.3. The molecule has 12 N–H and O–H groups in total. The highest BCUT2D eigenvalue weighted by Crippen LogP contribution is 2.33. The Morgan fingerprint density at radius 2 is 1.64 bits per heavy atom. The number of hydrogen-bond acceptors (Lipinski definition) is 18. The van der Waals surface area contributed by atoms with Crippen molar-refractivity contribution in [2.45, 2.75) is 171 Å². The van der Waals surface area contributed by atoms with E-state index in [9.17, 15) is 50.4 Å². The Bertz CT molecular complexity index is 1390. The predicted molar refractivity (Wildman–Crippen MR) is 192 cm³/mol. The van der Waals surface area contributed by atoms with Gasteiger partial charge in [-0.2, -0.15) is 0 Å². The molecule has 1 aromatic heterocycles. The predicted octanol–water partition coefficient (Wildman–Crippen LogP) is -4.47. The SMILES string of the molecule is CC[C@H](C)[C@@H]1OC(CO)C(O)[C@@H](O[C@@H]2OC(C(=O)NCCCn3cc(CCC(=O)N[C@H]4C(O)O[C@H](CO)[C@@H](O)[C@@H]4O)nn3)[C@@H](OC(C)(C)CC)C(O)[C@@H]2O)[C@@H]1N. The average Bonchev–Trinajstić information content (AvgIpc) is 3.64. The summed E-state index contributed by atoms with van der Waals surface area (Å²) >= 11 is 0. The summed E-state index contributed by atoms with van der Waals surface area (Å²) in [5.41, 5.74) is 6.13. The Labute approximate surface area is 325 Å². The first kappa shape index (κ1) is 46.2. The van der Waals surface area contributed by atoms with Crippen LogP contribution in [0.3, 0.4) is 0 Å². The smallest absolute Gasteiger partial charge is 0.252 e. The molecule has 0 bridgehead atoms. The van der Waals surface area contributed by atoms with Gasteiger partial charge in [-0.15, -0.1) is 5.10 Å². The minimum absolute atomic E-state index is 0.0728. The summed E-state index contributed by atoms with van der Waals surface area (Å²) < 4.78 is 30.6. The molecule has 4 heterocycles. The molecule has 1 aromatic rings. The van der Waals surface area contributed by atoms with Gasteiger partial charge < -0.3 is 80.9 Å². The molecule has 3 saturated heterocycles. The summed E-state index contributed by atoms with van der Waals surface area (Å²) in [4.78, 5) is 26.2. The van der Waals surface area contributed by atoms with Gasteiger partial charge in [-0.3, -0.25) is 14.3 Å². The van der Waals surface area contributed by atoms with Crippen LogP contribution in [0.5, 0.6) is 0 Å². The molecular formula is C35H62N6O15. The zero-order valence-corrected chi connectivity index (χ0v) is 32.5. The highest BCUT2D eigenvalue weighted by Gasteiger charge is 2.53. The molecule has 16 atom stereocenters. The summed E-state index contributed by atoms with van der Waals surface area (Å²) in [5.74, 6) is -1.29. The third-order valence-electron chi connectivity index (χ3n) is 10.9. The molecule has 0 saturated carbocycles. The number of aliphatic hydroxyl groups is 8. The van der Waals surface area contributed by atoms with Crippen molar-refractivity contribution in [3.05, 3.63) is 11.9 Å². The zero-order valence-electron chi connectivity index (χ0n) is 32.5. The maximum absolute atomic E-state index is 13.6. The first-order chi connectivity index (χ1) is 26.5. The second-order valence-corrected chi connectivity index (χ2v) is 15.4. The van der Waals surface area contributed by atoms with Crippen molar-refractivity contribution in [2.24, 2.45) is 11.7 Å². The topological polar surface area (TPSA) is 323 Å². The van der Waals surface area contributed by atoms with Crippen LogP contribution in [0.15, 0.2) is 6.20 Å². The van der Waals surface area contributed by atoms with Gasteiger partial charge in [0.25, 0.3) is 5.91 Å². The van der Waals surface area contributed by atoms with Crippen molar-refractivity contribution in [2.75, 3.05) is 19.8 Å². The van der Waals surface area contributed by atoms with Crippen molar-refractivity contribution < 1.29 is 74.1 Å². The molecule has 0 aromatic carbocycles. The number of nitrogens with zero attached hydrogens (tertiary/aromatic N) is 3. The fourth-order valence-electron chi connectivity index (χ4n) is 6.83. The molecule has 2 amide bonds. The molecule has 0 spiro atoms. The summed E-state index contributed by atoms with van der Waals surface area (Å²) in [6, 6.07) is -2.21. The Morgan fingerprint density at radius 3 is 2.29 bits per heavy atom. The van der Waals surface area contributed by atoms with Crippen molar-refractivity contribution in [1.29, 1.82) is 0 Å². The Kier molecular flexibility index (Phi) is 16.9. The molecule has 5 unspecified atom stereocenters. The third kappa shape index (κ3) is 11.2. The quantitative estimate of drug-likeness (QED) is 0.0623. The Morgan fingerprint density at radius 1 is 0.964 bits per heavy atom. The maximum Gasteiger partial charge on any atom is 0.252 e. The average molecular weight is 807 g/mol. The highest BCUT2D eigenvalue weighted by atomic mass is 16.7. The Hall–Kier alpha value is -2.48. The second-order valence-electron chi connectivity index (χ2n) is 15.4. The number of carbonyl (C=O) groups excluding carboxylic acids is 2. The van der Waals surface area contributed by atoms with Gasteiger partial charge in [-0.1, -0.05) is 32.4 Å². The molecule has 21 heteroatoms. The number of aryl methyl sites for hydroxylation is 2. The van der Waals surface area contributed by atoms with Gasteiger partial charge in [-0.05, 0) is 32.6 Å². The molecule has 322 valence electrons. The molecule has 3 aliphatic rings. The largest absolute Gasteiger partial charge is 0.394 e. The van der Waals surface area contributed by atoms with Gasteiger partial charge in [0.2, 0.25) is 5.91 Å². The van der Waals surface area contributed by atoms with Gasteiger partial charge in [0, 0.05) is 32.1 Å². The standard InChI is InChI=1S/C35H62N6O15/c1-6-16(3)28-21(36)29(24(46)19(15-43)52-28)54-34-27(49)26(48)30(56-35(4,5)7-2)31(55-34)32(50)37-11-8-12-41-13-17(39-40-41)9-10-20(44)38-22-25(47)23(45)18(14-42)53-33(22)51/h13,16,18-19,21-31,33-34,42-43,45-49,51H,6-12,14-15,36H2,1-5H3,(H,37,50)(H,38,44)/t16-,18+,19?,21+,22+,23+,24?,25+,26?,27-,28-,29-,30-,31?,33?,34+/m0/s1. The number of amides is 2. The van der Waals surface area contributed by atoms with Crippen LogP contribution in [0.25, 0.3) is 0 Å². The molecule has 0 aliphatic carbocycles. The molecule has 0 radical (unpaired) electrons. The maximum atomic E-state index is 13.6. The first-order valence-electron chi connectivity index (χ1n) is 19.3. The van der Waals surface area contributed by atoms with Crippen molar-refractivity contribution in [3.63, 3.8) is 0 Å². The van der Waals surface area contributed by atoms with E-state index in [2.05, 4.69) is 20.9 Å². The minimum Gasteiger partial charge on any atom is -0.394 e. The lowest BCUT2D eigenvalue weighted by Crippen LogP contribution is -2.68. The third-order valence-corrected chi connectivity index (χ3v) is 10.9. The minimum atomic E-state index is -1.70. The van der Waals surface area contributed by atoms with Gasteiger partial charge >= 0.3 is 0 Å². The molecular weight excluding hydrogens is 744 g/mol. The number of aliphatic hydroxyl groups excluding tert-OH is 8. The van der Waals surface area contributed by atoms with Gasteiger partial charge in [0.05, 0.1) is 36.7 Å². The summed E-state index contributed by atoms with van der Waals surface area (Å²) in [7, 11) is 0. The number of hydrogen-bond donors (Lipinski definition) is 11. The van der Waals surface area contributed by atoms with E-state index in [1.54, 1.807) is 20.0 Å². The lowest BCUT2D eigenvalue weighted by molar-refractivity contribution is -0.334. The summed E-state index contributed by atoms with van der Waals surface area (Å²) in [6.07, 6.45) is -14.6. The van der Waals surface area contributed by atoms with Crippen LogP contribution in [-0.2, 0) is 46.2 Å². The highest BCUT2D eigenvalue weighted by molar-refractivity contribution is 5.81. The number of nitrogens with one attached hydrogen (secondary N) is 2. The van der Waals surface area contributed by atoms with Gasteiger partial charge in [0.15, 0.2) is 18.7 Å². The van der Waals surface area contributed by atoms with E-state index >= 15 is 0 Å². The van der Waals surface area contributed by atoms with E-state index < -0.39 is 122 Å². The van der Waals surface area contributed by atoms with E-state index in [4.69, 9.17) is 29.4 Å². The van der Waals surface area contributed by atoms with Crippen molar-refractivity contribution in [3.8, 4) is 0 Å². The normalized spacial score (nSPS) is 37.2. The lowest BCUT2D eigenvalue weighted by atomic mass is 9.86. The molecule has 3 fully saturated rings. The second kappa shape index (κ2) is 20.5. The van der Waals surface area contributed by atoms with E-state index in [0.717, 1.165) is 0 Å². The van der Waals surface area contributed by atoms with E-state index in [1.165, 1.54) is 4.68 Å². The molecule has 56 heavy (non-hydrogen) atoms. The molecule has 21 nitrogen and oxygen atoms in total. The van der Waals surface area contributed by atoms with Gasteiger partial charge in [0.1, 0.15) is 61.0 Å². The van der Waals surface area contributed by atoms with Crippen LogP contribution < -0.4 is 16.4 Å². The van der Waals surface area contributed by atoms with Crippen LogP contribution in [0, 0.1) is 5.92 Å². The van der Waals surface area contributed by atoms with Crippen LogP contribution in [-0.4, -0.2) is 185 Å². The number of nitrogens with two attached hydrogens (primary N) is 1. The summed E-state index contributed by atoms with van der Waals surface area (Å²) in [5, 5.41) is 96.3. The van der Waals surface area contributed by atoms with E-state index in [0.29, 0.717) is 31.5 Å². The van der Waals surface area contributed by atoms with Crippen LogP contribution in [0.2, 0.25) is 0 Å². The van der Waals surface area contributed by atoms with Crippen LogP contribution in [0.4, 0.5) is 0 Å². The lowest BCUT2D eigenvalue weighted by Gasteiger charge is -2.48. The zero-order chi connectivity index (χ0) is 41.5. The van der Waals surface area contributed by atoms with Crippen molar-refractivity contribution >= 4 is 11.8 Å². The monoisotopic (exact) mass is 806 g/mol. The fraction of sp³-hybridized carbons (Fsp3) is 0.886. The number of rotatable bonds is 18. The summed E-state index contributed by atoms with van der Waals surface area (Å²) in [6.45, 7) is 8.53. The van der Waals surface area contributed by atoms with E-state index in [1.807, 2.05) is 20.8 Å². The molecule has 3 aliphatic heterocycles. The number of ether oxygens (including phenoxy) is 5. The molecule has 4 rings (SSSR count). The van der Waals surface area contributed by atoms with Crippen LogP contribution in [0.1, 0.15) is 66.0 Å². The Balaban J connectivity index is 1.33. The number of aromatic nitrogens is 3. The number of carbonyl (C=O) groups is 2. The van der Waals surface area contributed by atoms with Crippen molar-refractivity contribution in [1.82, 2.24) is 25.6 Å². The van der Waals surface area contributed by atoms with Gasteiger partial charge in [-0.25, -0.2) is 0 Å².